The minimum absolute atomic E-state index is 0.153. The lowest BCUT2D eigenvalue weighted by molar-refractivity contribution is 0.0916. The van der Waals surface area contributed by atoms with Gasteiger partial charge in [-0.2, -0.15) is 5.26 Å². The molecule has 0 atom stereocenters. The van der Waals surface area contributed by atoms with Gasteiger partial charge in [-0.3, -0.25) is 14.3 Å². The van der Waals surface area contributed by atoms with Gasteiger partial charge in [0.1, 0.15) is 5.65 Å². The number of carbonyl (C=O) groups excluding carboxylic acids is 1. The van der Waals surface area contributed by atoms with Crippen LogP contribution in [0.15, 0.2) is 42.6 Å². The largest absolute Gasteiger partial charge is 0.298 e. The average Bonchev–Trinajstić information content (AvgIpc) is 3.07. The molecule has 0 N–H and O–H groups in total. The molecule has 0 bridgehead atoms. The van der Waals surface area contributed by atoms with E-state index in [0.717, 1.165) is 41.1 Å². The topological polar surface area (TPSA) is 61.9 Å². The summed E-state index contributed by atoms with van der Waals surface area (Å²) in [7, 11) is 0. The Kier molecular flexibility index (Phi) is 6.79. The number of hydrogen-bond donors (Lipinski definition) is 0. The molecule has 1 aliphatic heterocycles. The summed E-state index contributed by atoms with van der Waals surface area (Å²) in [5, 5.41) is 9.93. The molecular weight excluding hydrogens is 360 g/mol. The van der Waals surface area contributed by atoms with Gasteiger partial charge >= 0.3 is 0 Å². The maximum Gasteiger partial charge on any atom is 0.179 e. The van der Waals surface area contributed by atoms with Crippen LogP contribution in [0.2, 0.25) is 0 Å². The van der Waals surface area contributed by atoms with Gasteiger partial charge in [-0.15, -0.1) is 0 Å². The standard InChI is InChI=1S/C22H22N4O.C2H6/c1-16-21(20(27)15-25-12-3-2-4-13-25)19-6-5-11-24-22(19)26(16)18-9-7-17(14-23)8-10-18;1-2/h5-11H,2-4,12-13,15H2,1H3;1-2H3. The molecular formula is C24H28N4O. The number of rotatable bonds is 4. The summed E-state index contributed by atoms with van der Waals surface area (Å²) in [4.78, 5) is 20.0. The van der Waals surface area contributed by atoms with Crippen molar-refractivity contribution in [3.8, 4) is 11.8 Å². The van der Waals surface area contributed by atoms with Crippen molar-refractivity contribution in [2.24, 2.45) is 0 Å². The van der Waals surface area contributed by atoms with E-state index in [-0.39, 0.29) is 5.78 Å². The molecule has 4 rings (SSSR count). The number of piperidine rings is 1. The molecule has 0 amide bonds. The Morgan fingerprint density at radius 2 is 1.79 bits per heavy atom. The van der Waals surface area contributed by atoms with Crippen molar-refractivity contribution in [1.82, 2.24) is 14.5 Å². The minimum atomic E-state index is 0.153. The van der Waals surface area contributed by atoms with Crippen molar-refractivity contribution in [3.63, 3.8) is 0 Å². The predicted molar refractivity (Wildman–Crippen MR) is 116 cm³/mol. The van der Waals surface area contributed by atoms with Crippen LogP contribution in [0.4, 0.5) is 0 Å². The van der Waals surface area contributed by atoms with Crippen LogP contribution >= 0.6 is 0 Å². The third-order valence-corrected chi connectivity index (χ3v) is 5.31. The van der Waals surface area contributed by atoms with Gasteiger partial charge < -0.3 is 0 Å². The van der Waals surface area contributed by atoms with Crippen LogP contribution in [-0.2, 0) is 0 Å². The van der Waals surface area contributed by atoms with Gasteiger partial charge in [0.05, 0.1) is 18.2 Å². The van der Waals surface area contributed by atoms with E-state index in [4.69, 9.17) is 5.26 Å². The highest BCUT2D eigenvalue weighted by Gasteiger charge is 2.23. The van der Waals surface area contributed by atoms with Gasteiger partial charge in [-0.25, -0.2) is 4.98 Å². The van der Waals surface area contributed by atoms with Gasteiger partial charge in [0, 0.05) is 28.5 Å². The zero-order valence-corrected chi connectivity index (χ0v) is 17.5. The van der Waals surface area contributed by atoms with Crippen molar-refractivity contribution >= 4 is 16.8 Å². The van der Waals surface area contributed by atoms with E-state index in [1.807, 2.05) is 49.6 Å². The van der Waals surface area contributed by atoms with Crippen molar-refractivity contribution < 1.29 is 4.79 Å². The monoisotopic (exact) mass is 388 g/mol. The molecule has 1 aromatic carbocycles. The third kappa shape index (κ3) is 4.23. The highest BCUT2D eigenvalue weighted by molar-refractivity contribution is 6.10. The number of likely N-dealkylation sites (tertiary alicyclic amines) is 1. The second kappa shape index (κ2) is 9.49. The summed E-state index contributed by atoms with van der Waals surface area (Å²) in [6, 6.07) is 13.4. The Hall–Kier alpha value is -2.97. The summed E-state index contributed by atoms with van der Waals surface area (Å²) < 4.78 is 2.01. The highest BCUT2D eigenvalue weighted by Crippen LogP contribution is 2.28. The minimum Gasteiger partial charge on any atom is -0.298 e. The molecule has 0 aliphatic carbocycles. The molecule has 1 saturated heterocycles. The second-order valence-corrected chi connectivity index (χ2v) is 7.09. The van der Waals surface area contributed by atoms with Crippen molar-refractivity contribution in [2.45, 2.75) is 40.0 Å². The van der Waals surface area contributed by atoms with E-state index in [0.29, 0.717) is 12.1 Å². The number of ketones is 1. The van der Waals surface area contributed by atoms with Crippen LogP contribution in [0.25, 0.3) is 16.7 Å². The molecule has 0 spiro atoms. The molecule has 5 nitrogen and oxygen atoms in total. The number of carbonyl (C=O) groups is 1. The number of Topliss-reactive ketones (excluding diaryl/α,β-unsaturated/α-hetero) is 1. The molecule has 0 saturated carbocycles. The molecule has 3 aromatic rings. The Bertz CT molecular complexity index is 1020. The lowest BCUT2D eigenvalue weighted by Crippen LogP contribution is -2.34. The smallest absolute Gasteiger partial charge is 0.179 e. The lowest BCUT2D eigenvalue weighted by atomic mass is 10.1. The SMILES string of the molecule is CC.Cc1c(C(=O)CN2CCCCC2)c2cccnc2n1-c1ccc(C#N)cc1. The molecule has 29 heavy (non-hydrogen) atoms. The van der Waals surface area contributed by atoms with E-state index in [9.17, 15) is 4.79 Å². The number of fused-ring (bicyclic) bond motifs is 1. The fourth-order valence-corrected chi connectivity index (χ4v) is 3.99. The van der Waals surface area contributed by atoms with Crippen LogP contribution in [0.5, 0.6) is 0 Å². The van der Waals surface area contributed by atoms with E-state index >= 15 is 0 Å². The summed E-state index contributed by atoms with van der Waals surface area (Å²) in [6.07, 6.45) is 5.34. The molecule has 2 aromatic heterocycles. The first kappa shape index (κ1) is 20.8. The second-order valence-electron chi connectivity index (χ2n) is 7.09. The Morgan fingerprint density at radius 1 is 1.10 bits per heavy atom. The van der Waals surface area contributed by atoms with E-state index in [1.54, 1.807) is 18.3 Å². The first-order chi connectivity index (χ1) is 14.2. The molecule has 0 unspecified atom stereocenters. The highest BCUT2D eigenvalue weighted by atomic mass is 16.1. The average molecular weight is 389 g/mol. The van der Waals surface area contributed by atoms with Crippen LogP contribution in [-0.4, -0.2) is 39.9 Å². The quantitative estimate of drug-likeness (QED) is 0.596. The number of pyridine rings is 1. The summed E-state index contributed by atoms with van der Waals surface area (Å²) in [6.45, 7) is 8.43. The van der Waals surface area contributed by atoms with Crippen LogP contribution in [0.3, 0.4) is 0 Å². The zero-order chi connectivity index (χ0) is 20.8. The molecule has 0 radical (unpaired) electrons. The number of hydrogen-bond acceptors (Lipinski definition) is 4. The van der Waals surface area contributed by atoms with Gasteiger partial charge in [0.2, 0.25) is 0 Å². The van der Waals surface area contributed by atoms with Crippen LogP contribution < -0.4 is 0 Å². The van der Waals surface area contributed by atoms with Crippen LogP contribution in [0.1, 0.15) is 54.7 Å². The first-order valence-corrected chi connectivity index (χ1v) is 10.4. The summed E-state index contributed by atoms with van der Waals surface area (Å²) in [5.74, 6) is 0.153. The Labute approximate surface area is 172 Å². The molecule has 1 fully saturated rings. The van der Waals surface area contributed by atoms with Gasteiger partial charge in [-0.05, 0) is 69.3 Å². The van der Waals surface area contributed by atoms with Crippen LogP contribution in [0, 0.1) is 18.3 Å². The molecule has 3 heterocycles. The molecule has 5 heteroatoms. The maximum absolute atomic E-state index is 13.2. The zero-order valence-electron chi connectivity index (χ0n) is 17.5. The lowest BCUT2D eigenvalue weighted by Gasteiger charge is -2.25. The van der Waals surface area contributed by atoms with Crippen molar-refractivity contribution in [2.75, 3.05) is 19.6 Å². The fourth-order valence-electron chi connectivity index (χ4n) is 3.99. The molecule has 150 valence electrons. The maximum atomic E-state index is 13.2. The number of nitrogens with zero attached hydrogens (tertiary/aromatic N) is 4. The van der Waals surface area contributed by atoms with E-state index < -0.39 is 0 Å². The van der Waals surface area contributed by atoms with Crippen molar-refractivity contribution in [3.05, 3.63) is 59.4 Å². The van der Waals surface area contributed by atoms with Gasteiger partial charge in [-0.1, -0.05) is 20.3 Å². The van der Waals surface area contributed by atoms with Crippen molar-refractivity contribution in [1.29, 1.82) is 5.26 Å². The number of benzene rings is 1. The predicted octanol–water partition coefficient (Wildman–Crippen LogP) is 4.90. The fraction of sp³-hybridized carbons (Fsp3) is 0.375. The number of nitriles is 1. The van der Waals surface area contributed by atoms with Gasteiger partial charge in [0.15, 0.2) is 5.78 Å². The third-order valence-electron chi connectivity index (χ3n) is 5.31. The summed E-state index contributed by atoms with van der Waals surface area (Å²) >= 11 is 0. The van der Waals surface area contributed by atoms with E-state index in [1.165, 1.54) is 19.3 Å². The van der Waals surface area contributed by atoms with E-state index in [2.05, 4.69) is 16.0 Å². The normalized spacial score (nSPS) is 14.1. The Morgan fingerprint density at radius 3 is 2.45 bits per heavy atom. The molecule has 1 aliphatic rings. The Balaban J connectivity index is 0.00000117. The van der Waals surface area contributed by atoms with Gasteiger partial charge in [0.25, 0.3) is 0 Å². The number of aromatic nitrogens is 2. The first-order valence-electron chi connectivity index (χ1n) is 10.4. The summed E-state index contributed by atoms with van der Waals surface area (Å²) in [5.41, 5.74) is 3.96.